The molecule has 0 aromatic carbocycles. The second-order valence-electron chi connectivity index (χ2n) is 4.60. The molecule has 1 atom stereocenters. The van der Waals surface area contributed by atoms with Crippen molar-refractivity contribution in [2.45, 2.75) is 25.3 Å². The number of nitrogens with zero attached hydrogens (tertiary/aromatic N) is 2. The van der Waals surface area contributed by atoms with Crippen LogP contribution in [0.1, 0.15) is 18.5 Å². The van der Waals surface area contributed by atoms with Gasteiger partial charge in [0.1, 0.15) is 6.33 Å². The van der Waals surface area contributed by atoms with Crippen LogP contribution < -0.4 is 10.1 Å². The van der Waals surface area contributed by atoms with E-state index in [1.165, 1.54) is 0 Å². The van der Waals surface area contributed by atoms with Crippen LogP contribution in [0.5, 0.6) is 5.88 Å². The normalized spacial score (nSPS) is 18.6. The number of nitrogens with one attached hydrogen (secondary N) is 1. The van der Waals surface area contributed by atoms with Gasteiger partial charge in [-0.05, 0) is 25.8 Å². The molecule has 1 unspecified atom stereocenters. The van der Waals surface area contributed by atoms with Gasteiger partial charge in [-0.1, -0.05) is 0 Å². The fraction of sp³-hybridized carbons (Fsp3) is 0.692. The predicted octanol–water partition coefficient (Wildman–Crippen LogP) is 1.04. The van der Waals surface area contributed by atoms with Gasteiger partial charge >= 0.3 is 0 Å². The Morgan fingerprint density at radius 3 is 2.89 bits per heavy atom. The summed E-state index contributed by atoms with van der Waals surface area (Å²) in [7, 11) is 3.64. The zero-order chi connectivity index (χ0) is 12.8. The lowest BCUT2D eigenvalue weighted by atomic mass is 9.89. The Kier molecular flexibility index (Phi) is 4.90. The number of hydrogen-bond donors (Lipinski definition) is 1. The number of methoxy groups -OCH3 is 1. The van der Waals surface area contributed by atoms with Crippen LogP contribution >= 0.6 is 0 Å². The van der Waals surface area contributed by atoms with Crippen LogP contribution in [0.15, 0.2) is 12.4 Å². The maximum atomic E-state index is 5.41. The molecular formula is C13H21N3O2. The highest BCUT2D eigenvalue weighted by Gasteiger charge is 2.23. The maximum absolute atomic E-state index is 5.41. The molecule has 0 saturated carbocycles. The zero-order valence-electron chi connectivity index (χ0n) is 11.1. The van der Waals surface area contributed by atoms with E-state index in [2.05, 4.69) is 15.3 Å². The van der Waals surface area contributed by atoms with Crippen molar-refractivity contribution in [2.24, 2.45) is 5.92 Å². The summed E-state index contributed by atoms with van der Waals surface area (Å²) in [5.74, 6) is 1.28. The SMILES string of the molecule is CNC(Cc1cc(OC)ncn1)C1CCOCC1. The van der Waals surface area contributed by atoms with Crippen LogP contribution in [0, 0.1) is 5.92 Å². The predicted molar refractivity (Wildman–Crippen MR) is 68.7 cm³/mol. The summed E-state index contributed by atoms with van der Waals surface area (Å²) < 4.78 is 10.5. The summed E-state index contributed by atoms with van der Waals surface area (Å²) in [6, 6.07) is 2.34. The van der Waals surface area contributed by atoms with Crippen molar-refractivity contribution in [3.05, 3.63) is 18.1 Å². The topological polar surface area (TPSA) is 56.3 Å². The summed E-state index contributed by atoms with van der Waals surface area (Å²) in [5, 5.41) is 3.40. The average molecular weight is 251 g/mol. The third-order valence-corrected chi connectivity index (χ3v) is 3.54. The lowest BCUT2D eigenvalue weighted by Gasteiger charge is -2.29. The van der Waals surface area contributed by atoms with Crippen molar-refractivity contribution >= 4 is 0 Å². The molecule has 2 heterocycles. The van der Waals surface area contributed by atoms with Crippen molar-refractivity contribution in [3.8, 4) is 5.88 Å². The summed E-state index contributed by atoms with van der Waals surface area (Å²) in [4.78, 5) is 8.34. The first-order valence-electron chi connectivity index (χ1n) is 6.43. The van der Waals surface area contributed by atoms with Crippen LogP contribution in [0.4, 0.5) is 0 Å². The monoisotopic (exact) mass is 251 g/mol. The Morgan fingerprint density at radius 2 is 2.22 bits per heavy atom. The fourth-order valence-corrected chi connectivity index (χ4v) is 2.45. The highest BCUT2D eigenvalue weighted by molar-refractivity contribution is 5.14. The molecule has 18 heavy (non-hydrogen) atoms. The third-order valence-electron chi connectivity index (χ3n) is 3.54. The van der Waals surface area contributed by atoms with Gasteiger partial charge in [-0.25, -0.2) is 9.97 Å². The smallest absolute Gasteiger partial charge is 0.216 e. The van der Waals surface area contributed by atoms with Gasteiger partial charge in [-0.15, -0.1) is 0 Å². The van der Waals surface area contributed by atoms with Gasteiger partial charge in [0.25, 0.3) is 0 Å². The second kappa shape index (κ2) is 6.66. The molecule has 0 spiro atoms. The minimum absolute atomic E-state index is 0.438. The van der Waals surface area contributed by atoms with Crippen molar-refractivity contribution in [2.75, 3.05) is 27.4 Å². The minimum atomic E-state index is 0.438. The first-order chi connectivity index (χ1) is 8.83. The van der Waals surface area contributed by atoms with E-state index in [1.807, 2.05) is 13.1 Å². The molecule has 1 N–H and O–H groups in total. The van der Waals surface area contributed by atoms with Gasteiger partial charge in [-0.3, -0.25) is 0 Å². The number of ether oxygens (including phenoxy) is 2. The summed E-state index contributed by atoms with van der Waals surface area (Å²) >= 11 is 0. The van der Waals surface area contributed by atoms with Crippen LogP contribution in [-0.2, 0) is 11.2 Å². The standard InChI is InChI=1S/C13H21N3O2/c1-14-12(10-3-5-18-6-4-10)7-11-8-13(17-2)16-9-15-11/h8-10,12,14H,3-7H2,1-2H3. The number of likely N-dealkylation sites (N-methyl/N-ethyl adjacent to an activating group) is 1. The molecule has 1 fully saturated rings. The lowest BCUT2D eigenvalue weighted by molar-refractivity contribution is 0.0546. The Balaban J connectivity index is 1.99. The molecule has 1 saturated heterocycles. The Labute approximate surface area is 108 Å². The van der Waals surface area contributed by atoms with Crippen LogP contribution in [0.2, 0.25) is 0 Å². The molecule has 5 heteroatoms. The molecule has 0 amide bonds. The van der Waals surface area contributed by atoms with Gasteiger partial charge in [0.2, 0.25) is 5.88 Å². The van der Waals surface area contributed by atoms with Crippen molar-refractivity contribution in [1.29, 1.82) is 0 Å². The Hall–Kier alpha value is -1.20. The van der Waals surface area contributed by atoms with Gasteiger partial charge in [0.15, 0.2) is 0 Å². The first-order valence-corrected chi connectivity index (χ1v) is 6.43. The summed E-state index contributed by atoms with van der Waals surface area (Å²) in [6.45, 7) is 1.74. The van der Waals surface area contributed by atoms with E-state index in [1.54, 1.807) is 13.4 Å². The van der Waals surface area contributed by atoms with E-state index in [4.69, 9.17) is 9.47 Å². The molecular weight excluding hydrogens is 230 g/mol. The van der Waals surface area contributed by atoms with Crippen molar-refractivity contribution in [3.63, 3.8) is 0 Å². The number of aromatic nitrogens is 2. The van der Waals surface area contributed by atoms with Gasteiger partial charge in [0, 0.05) is 37.4 Å². The van der Waals surface area contributed by atoms with Gasteiger partial charge in [0.05, 0.1) is 7.11 Å². The summed E-state index contributed by atoms with van der Waals surface area (Å²) in [5.41, 5.74) is 1.02. The largest absolute Gasteiger partial charge is 0.481 e. The second-order valence-corrected chi connectivity index (χ2v) is 4.60. The van der Waals surface area contributed by atoms with E-state index in [0.717, 1.165) is 38.2 Å². The van der Waals surface area contributed by atoms with Crippen LogP contribution in [0.3, 0.4) is 0 Å². The third kappa shape index (κ3) is 3.40. The Bertz CT molecular complexity index is 367. The molecule has 0 aliphatic carbocycles. The molecule has 1 aromatic rings. The molecule has 5 nitrogen and oxygen atoms in total. The molecule has 1 aliphatic heterocycles. The quantitative estimate of drug-likeness (QED) is 0.847. The van der Waals surface area contributed by atoms with Gasteiger partial charge in [-0.2, -0.15) is 0 Å². The molecule has 1 aromatic heterocycles. The van der Waals surface area contributed by atoms with E-state index >= 15 is 0 Å². The lowest BCUT2D eigenvalue weighted by Crippen LogP contribution is -2.38. The molecule has 100 valence electrons. The Morgan fingerprint density at radius 1 is 1.44 bits per heavy atom. The van der Waals surface area contributed by atoms with Gasteiger partial charge < -0.3 is 14.8 Å². The zero-order valence-corrected chi connectivity index (χ0v) is 11.1. The first kappa shape index (κ1) is 13.2. The molecule has 2 rings (SSSR count). The van der Waals surface area contributed by atoms with Crippen LogP contribution in [-0.4, -0.2) is 43.4 Å². The molecule has 0 radical (unpaired) electrons. The average Bonchev–Trinajstić information content (AvgIpc) is 2.46. The molecule has 1 aliphatic rings. The van der Waals surface area contributed by atoms with Crippen LogP contribution in [0.25, 0.3) is 0 Å². The van der Waals surface area contributed by atoms with E-state index < -0.39 is 0 Å². The number of rotatable bonds is 5. The highest BCUT2D eigenvalue weighted by atomic mass is 16.5. The molecule has 0 bridgehead atoms. The van der Waals surface area contributed by atoms with E-state index in [0.29, 0.717) is 17.8 Å². The van der Waals surface area contributed by atoms with Crippen molar-refractivity contribution < 1.29 is 9.47 Å². The van der Waals surface area contributed by atoms with E-state index in [9.17, 15) is 0 Å². The fourth-order valence-electron chi connectivity index (χ4n) is 2.45. The number of hydrogen-bond acceptors (Lipinski definition) is 5. The minimum Gasteiger partial charge on any atom is -0.481 e. The maximum Gasteiger partial charge on any atom is 0.216 e. The highest BCUT2D eigenvalue weighted by Crippen LogP contribution is 2.21. The van der Waals surface area contributed by atoms with E-state index in [-0.39, 0.29) is 0 Å². The van der Waals surface area contributed by atoms with Crippen molar-refractivity contribution in [1.82, 2.24) is 15.3 Å². The summed E-state index contributed by atoms with van der Waals surface area (Å²) in [6.07, 6.45) is 4.70.